The Labute approximate surface area is 112 Å². The number of anilines is 2. The van der Waals surface area contributed by atoms with Gasteiger partial charge in [0.2, 0.25) is 5.95 Å². The van der Waals surface area contributed by atoms with E-state index in [0.29, 0.717) is 5.95 Å². The molecule has 10 heteroatoms. The molecule has 0 saturated carbocycles. The van der Waals surface area contributed by atoms with E-state index in [-0.39, 0.29) is 11.7 Å². The Morgan fingerprint density at radius 2 is 1.95 bits per heavy atom. The van der Waals surface area contributed by atoms with Gasteiger partial charge in [0.1, 0.15) is 6.09 Å². The van der Waals surface area contributed by atoms with Crippen molar-refractivity contribution in [2.24, 2.45) is 0 Å². The van der Waals surface area contributed by atoms with Gasteiger partial charge in [-0.3, -0.25) is 0 Å². The standard InChI is InChI=1S/C10H12N6O4/c17-9(18)13-7-11-6(15-4-2-1-3-5-15)12-8-14-10(19)20-16(7)8/h1-5H2,(H,17,18)(H,11,12,13,14,19)/p-1. The lowest BCUT2D eigenvalue weighted by Gasteiger charge is -2.26. The van der Waals surface area contributed by atoms with Crippen molar-refractivity contribution in [3.8, 4) is 0 Å². The number of aromatic nitrogens is 4. The highest BCUT2D eigenvalue weighted by Gasteiger charge is 2.18. The van der Waals surface area contributed by atoms with E-state index < -0.39 is 11.8 Å². The maximum Gasteiger partial charge on any atom is 0.462 e. The number of amides is 1. The van der Waals surface area contributed by atoms with Crippen LogP contribution in [-0.2, 0) is 0 Å². The van der Waals surface area contributed by atoms with E-state index in [4.69, 9.17) is 4.52 Å². The normalized spacial score (nSPS) is 15.5. The van der Waals surface area contributed by atoms with Crippen molar-refractivity contribution in [3.05, 3.63) is 10.6 Å². The van der Waals surface area contributed by atoms with Crippen LogP contribution in [0.15, 0.2) is 9.32 Å². The average molecular weight is 279 g/mol. The number of rotatable bonds is 2. The van der Waals surface area contributed by atoms with Crippen molar-refractivity contribution in [2.45, 2.75) is 19.3 Å². The lowest BCUT2D eigenvalue weighted by molar-refractivity contribution is -0.242. The molecule has 10 nitrogen and oxygen atoms in total. The van der Waals surface area contributed by atoms with Gasteiger partial charge in [-0.1, -0.05) is 4.57 Å². The molecule has 0 aromatic carbocycles. The molecule has 3 heterocycles. The van der Waals surface area contributed by atoms with Crippen molar-refractivity contribution in [1.29, 1.82) is 0 Å². The largest absolute Gasteiger partial charge is 0.530 e. The molecule has 20 heavy (non-hydrogen) atoms. The first kappa shape index (κ1) is 12.4. The summed E-state index contributed by atoms with van der Waals surface area (Å²) >= 11 is 0. The van der Waals surface area contributed by atoms with Crippen LogP contribution in [-0.4, -0.2) is 38.7 Å². The van der Waals surface area contributed by atoms with Crippen LogP contribution < -0.4 is 21.1 Å². The fourth-order valence-electron chi connectivity index (χ4n) is 2.13. The van der Waals surface area contributed by atoms with Gasteiger partial charge in [0, 0.05) is 13.1 Å². The summed E-state index contributed by atoms with van der Waals surface area (Å²) < 4.78 is 5.52. The fourth-order valence-corrected chi connectivity index (χ4v) is 2.13. The second kappa shape index (κ2) is 4.79. The van der Waals surface area contributed by atoms with Crippen molar-refractivity contribution in [2.75, 3.05) is 23.3 Å². The molecular weight excluding hydrogens is 268 g/mol. The summed E-state index contributed by atoms with van der Waals surface area (Å²) in [6, 6.07) is 0. The molecule has 1 saturated heterocycles. The van der Waals surface area contributed by atoms with E-state index in [9.17, 15) is 14.7 Å². The van der Waals surface area contributed by atoms with Crippen molar-refractivity contribution >= 4 is 23.8 Å². The van der Waals surface area contributed by atoms with Crippen LogP contribution in [0.4, 0.5) is 16.7 Å². The lowest BCUT2D eigenvalue weighted by atomic mass is 10.1. The summed E-state index contributed by atoms with van der Waals surface area (Å²) in [5.41, 5.74) is 0. The third-order valence-corrected chi connectivity index (χ3v) is 2.99. The van der Waals surface area contributed by atoms with Crippen LogP contribution in [0.5, 0.6) is 0 Å². The number of nitrogens with one attached hydrogen (secondary N) is 1. The second-order valence-electron chi connectivity index (χ2n) is 4.37. The summed E-state index contributed by atoms with van der Waals surface area (Å²) in [5.74, 6) is -0.822. The van der Waals surface area contributed by atoms with E-state index in [1.54, 1.807) is 0 Å². The molecular formula is C10H11N6O4-. The maximum absolute atomic E-state index is 11.1. The van der Waals surface area contributed by atoms with E-state index in [0.717, 1.165) is 36.9 Å². The van der Waals surface area contributed by atoms with Gasteiger partial charge in [0.15, 0.2) is 0 Å². The van der Waals surface area contributed by atoms with E-state index in [1.165, 1.54) is 0 Å². The third kappa shape index (κ3) is 2.27. The van der Waals surface area contributed by atoms with Gasteiger partial charge < -0.3 is 24.6 Å². The summed E-state index contributed by atoms with van der Waals surface area (Å²) in [6.45, 7) is 1.53. The Morgan fingerprint density at radius 3 is 2.65 bits per heavy atom. The first-order valence-corrected chi connectivity index (χ1v) is 6.14. The molecule has 2 aromatic heterocycles. The zero-order valence-corrected chi connectivity index (χ0v) is 10.4. The summed E-state index contributed by atoms with van der Waals surface area (Å²) in [6.07, 6.45) is 1.57. The molecule has 0 radical (unpaired) electrons. The topological polar surface area (TPSA) is 129 Å². The Hall–Kier alpha value is -2.65. The Balaban J connectivity index is 2.08. The number of nitrogens with zero attached hydrogens (tertiary/aromatic N) is 5. The molecule has 0 bridgehead atoms. The van der Waals surface area contributed by atoms with Gasteiger partial charge in [0.25, 0.3) is 11.7 Å². The van der Waals surface area contributed by atoms with Gasteiger partial charge in [-0.15, -0.1) is 4.98 Å². The van der Waals surface area contributed by atoms with Gasteiger partial charge in [-0.25, -0.2) is 4.79 Å². The minimum atomic E-state index is -1.56. The monoisotopic (exact) mass is 279 g/mol. The predicted octanol–water partition coefficient (Wildman–Crippen LogP) is -1.18. The number of carboxylic acid groups (broad SMARTS) is 1. The molecule has 3 rings (SSSR count). The van der Waals surface area contributed by atoms with Gasteiger partial charge in [-0.2, -0.15) is 9.97 Å². The molecule has 2 aromatic rings. The summed E-state index contributed by atoms with van der Waals surface area (Å²) in [4.78, 5) is 35.4. The average Bonchev–Trinajstić information content (AvgIpc) is 2.80. The van der Waals surface area contributed by atoms with Crippen LogP contribution in [0.1, 0.15) is 19.3 Å². The smallest absolute Gasteiger partial charge is 0.462 e. The Morgan fingerprint density at radius 1 is 1.20 bits per heavy atom. The first-order valence-electron chi connectivity index (χ1n) is 6.14. The zero-order chi connectivity index (χ0) is 14.1. The number of carbonyl (C=O) groups is 1. The quantitative estimate of drug-likeness (QED) is 0.727. The minimum Gasteiger partial charge on any atom is -0.530 e. The summed E-state index contributed by atoms with van der Waals surface area (Å²) in [7, 11) is 0. The predicted molar refractivity (Wildman–Crippen MR) is 64.4 cm³/mol. The number of fused-ring (bicyclic) bond motifs is 1. The highest BCUT2D eigenvalue weighted by molar-refractivity contribution is 5.78. The molecule has 106 valence electrons. The molecule has 1 fully saturated rings. The first-order chi connectivity index (χ1) is 9.63. The SMILES string of the molecule is O=C([O-])Nc1nc(N2CCCCC2)nc2nc(=O)on12. The Kier molecular flexibility index (Phi) is 2.97. The molecule has 1 aliphatic rings. The van der Waals surface area contributed by atoms with Gasteiger partial charge >= 0.3 is 5.76 Å². The van der Waals surface area contributed by atoms with E-state index >= 15 is 0 Å². The minimum absolute atomic E-state index is 0.0469. The molecule has 1 amide bonds. The highest BCUT2D eigenvalue weighted by atomic mass is 16.5. The van der Waals surface area contributed by atoms with Gasteiger partial charge in [0.05, 0.1) is 0 Å². The lowest BCUT2D eigenvalue weighted by Crippen LogP contribution is -2.33. The van der Waals surface area contributed by atoms with E-state index in [2.05, 4.69) is 15.0 Å². The fraction of sp³-hybridized carbons (Fsp3) is 0.500. The highest BCUT2D eigenvalue weighted by Crippen LogP contribution is 2.18. The maximum atomic E-state index is 11.1. The number of piperidine rings is 1. The van der Waals surface area contributed by atoms with Crippen LogP contribution >= 0.6 is 0 Å². The van der Waals surface area contributed by atoms with Crippen LogP contribution in [0.25, 0.3) is 5.78 Å². The Bertz CT molecular complexity index is 701. The van der Waals surface area contributed by atoms with Crippen LogP contribution in [0, 0.1) is 0 Å². The van der Waals surface area contributed by atoms with Crippen LogP contribution in [0.2, 0.25) is 0 Å². The number of carbonyl (C=O) groups excluding carboxylic acids is 1. The van der Waals surface area contributed by atoms with Crippen molar-refractivity contribution < 1.29 is 14.4 Å². The number of hydrogen-bond acceptors (Lipinski definition) is 8. The molecule has 1 aliphatic heterocycles. The molecule has 0 aliphatic carbocycles. The molecule has 0 unspecified atom stereocenters. The van der Waals surface area contributed by atoms with E-state index in [1.807, 2.05) is 10.2 Å². The zero-order valence-electron chi connectivity index (χ0n) is 10.4. The molecule has 1 N–H and O–H groups in total. The molecule has 0 spiro atoms. The second-order valence-corrected chi connectivity index (χ2v) is 4.37. The summed E-state index contributed by atoms with van der Waals surface area (Å²) in [5, 5.41) is 12.6. The number of hydrogen-bond donors (Lipinski definition) is 1. The third-order valence-electron chi connectivity index (χ3n) is 2.99. The van der Waals surface area contributed by atoms with Gasteiger partial charge in [-0.05, 0) is 19.3 Å². The van der Waals surface area contributed by atoms with Crippen molar-refractivity contribution in [3.63, 3.8) is 0 Å². The van der Waals surface area contributed by atoms with Crippen LogP contribution in [0.3, 0.4) is 0 Å². The van der Waals surface area contributed by atoms with Crippen molar-refractivity contribution in [1.82, 2.24) is 19.5 Å². The molecule has 0 atom stereocenters.